The fourth-order valence-electron chi connectivity index (χ4n) is 2.27. The molecule has 1 amide bonds. The summed E-state index contributed by atoms with van der Waals surface area (Å²) in [6.45, 7) is 12.2. The SMILES string of the molecule is C=C(C)COc1ccc(NC(=O)C(C)Oc2ccc(C(C)C)cc2)cc1. The highest BCUT2D eigenvalue weighted by Gasteiger charge is 2.15. The highest BCUT2D eigenvalue weighted by atomic mass is 16.5. The molecule has 26 heavy (non-hydrogen) atoms. The lowest BCUT2D eigenvalue weighted by atomic mass is 10.0. The number of hydrogen-bond acceptors (Lipinski definition) is 3. The number of hydrogen-bond donors (Lipinski definition) is 1. The van der Waals surface area contributed by atoms with Gasteiger partial charge in [0.15, 0.2) is 6.10 Å². The Morgan fingerprint density at radius 3 is 2.12 bits per heavy atom. The Kier molecular flexibility index (Phi) is 6.84. The van der Waals surface area contributed by atoms with Crippen molar-refractivity contribution in [2.24, 2.45) is 0 Å². The van der Waals surface area contributed by atoms with E-state index in [-0.39, 0.29) is 5.91 Å². The fourth-order valence-corrected chi connectivity index (χ4v) is 2.27. The predicted octanol–water partition coefficient (Wildman–Crippen LogP) is 5.17. The molecule has 0 fully saturated rings. The Hall–Kier alpha value is -2.75. The van der Waals surface area contributed by atoms with Gasteiger partial charge in [0.05, 0.1) is 0 Å². The molecule has 138 valence electrons. The van der Waals surface area contributed by atoms with Crippen LogP contribution in [-0.2, 0) is 4.79 Å². The molecule has 0 aliphatic rings. The first-order chi connectivity index (χ1) is 12.3. The van der Waals surface area contributed by atoms with Crippen molar-refractivity contribution in [2.75, 3.05) is 11.9 Å². The third kappa shape index (κ3) is 5.96. The molecular formula is C22H27NO3. The largest absolute Gasteiger partial charge is 0.489 e. The van der Waals surface area contributed by atoms with Crippen LogP contribution in [0.5, 0.6) is 11.5 Å². The molecule has 0 spiro atoms. The van der Waals surface area contributed by atoms with E-state index >= 15 is 0 Å². The van der Waals surface area contributed by atoms with Crippen LogP contribution in [0.1, 0.15) is 39.2 Å². The van der Waals surface area contributed by atoms with Gasteiger partial charge in [-0.3, -0.25) is 4.79 Å². The van der Waals surface area contributed by atoms with E-state index in [4.69, 9.17) is 9.47 Å². The molecular weight excluding hydrogens is 326 g/mol. The molecule has 0 aliphatic carbocycles. The van der Waals surface area contributed by atoms with Gasteiger partial charge in [-0.05, 0) is 67.3 Å². The van der Waals surface area contributed by atoms with Crippen LogP contribution in [0.15, 0.2) is 60.7 Å². The summed E-state index contributed by atoms with van der Waals surface area (Å²) in [5.74, 6) is 1.68. The van der Waals surface area contributed by atoms with Gasteiger partial charge in [0, 0.05) is 5.69 Å². The molecule has 2 rings (SSSR count). The van der Waals surface area contributed by atoms with Gasteiger partial charge in [-0.1, -0.05) is 32.6 Å². The number of rotatable bonds is 8. The van der Waals surface area contributed by atoms with Crippen molar-refractivity contribution in [3.05, 3.63) is 66.2 Å². The Morgan fingerprint density at radius 1 is 1.00 bits per heavy atom. The van der Waals surface area contributed by atoms with Crippen molar-refractivity contribution in [3.8, 4) is 11.5 Å². The van der Waals surface area contributed by atoms with E-state index in [1.54, 1.807) is 19.1 Å². The Balaban J connectivity index is 1.88. The van der Waals surface area contributed by atoms with Gasteiger partial charge < -0.3 is 14.8 Å². The second kappa shape index (κ2) is 9.09. The number of carbonyl (C=O) groups is 1. The summed E-state index contributed by atoms with van der Waals surface area (Å²) in [6.07, 6.45) is -0.598. The van der Waals surface area contributed by atoms with Crippen molar-refractivity contribution in [1.82, 2.24) is 0 Å². The van der Waals surface area contributed by atoms with Crippen LogP contribution in [0.2, 0.25) is 0 Å². The summed E-state index contributed by atoms with van der Waals surface area (Å²) in [5, 5.41) is 2.85. The molecule has 1 N–H and O–H groups in total. The van der Waals surface area contributed by atoms with Gasteiger partial charge in [-0.25, -0.2) is 0 Å². The number of carbonyl (C=O) groups excluding carboxylic acids is 1. The summed E-state index contributed by atoms with van der Waals surface area (Å²) < 4.78 is 11.3. The molecule has 0 bridgehead atoms. The summed E-state index contributed by atoms with van der Waals surface area (Å²) >= 11 is 0. The lowest BCUT2D eigenvalue weighted by Gasteiger charge is -2.16. The molecule has 0 heterocycles. The number of amides is 1. The van der Waals surface area contributed by atoms with Crippen LogP contribution in [0, 0.1) is 0 Å². The van der Waals surface area contributed by atoms with Gasteiger partial charge in [0.1, 0.15) is 18.1 Å². The quantitative estimate of drug-likeness (QED) is 0.666. The maximum absolute atomic E-state index is 12.3. The topological polar surface area (TPSA) is 47.6 Å². The molecule has 1 unspecified atom stereocenters. The van der Waals surface area contributed by atoms with Gasteiger partial charge in [0.2, 0.25) is 0 Å². The molecule has 0 radical (unpaired) electrons. The van der Waals surface area contributed by atoms with Crippen molar-refractivity contribution >= 4 is 11.6 Å². The average Bonchev–Trinajstić information content (AvgIpc) is 2.61. The summed E-state index contributed by atoms with van der Waals surface area (Å²) in [4.78, 5) is 12.3. The zero-order valence-electron chi connectivity index (χ0n) is 15.9. The molecule has 2 aromatic rings. The minimum Gasteiger partial charge on any atom is -0.489 e. The maximum Gasteiger partial charge on any atom is 0.265 e. The van der Waals surface area contributed by atoms with E-state index in [1.165, 1.54) is 5.56 Å². The normalized spacial score (nSPS) is 11.7. The number of benzene rings is 2. The first kappa shape index (κ1) is 19.6. The van der Waals surface area contributed by atoms with Gasteiger partial charge in [0.25, 0.3) is 5.91 Å². The van der Waals surface area contributed by atoms with Crippen LogP contribution < -0.4 is 14.8 Å². The highest BCUT2D eigenvalue weighted by Crippen LogP contribution is 2.20. The zero-order valence-corrected chi connectivity index (χ0v) is 15.9. The first-order valence-corrected chi connectivity index (χ1v) is 8.80. The molecule has 0 aromatic heterocycles. The molecule has 4 nitrogen and oxygen atoms in total. The van der Waals surface area contributed by atoms with Crippen molar-refractivity contribution in [1.29, 1.82) is 0 Å². The third-order valence-electron chi connectivity index (χ3n) is 3.84. The number of nitrogens with one attached hydrogen (secondary N) is 1. The predicted molar refractivity (Wildman–Crippen MR) is 106 cm³/mol. The Bertz CT molecular complexity index is 733. The van der Waals surface area contributed by atoms with Gasteiger partial charge in [-0.15, -0.1) is 0 Å². The van der Waals surface area contributed by atoms with Crippen LogP contribution in [0.3, 0.4) is 0 Å². The summed E-state index contributed by atoms with van der Waals surface area (Å²) in [7, 11) is 0. The molecule has 0 saturated carbocycles. The highest BCUT2D eigenvalue weighted by molar-refractivity contribution is 5.94. The first-order valence-electron chi connectivity index (χ1n) is 8.80. The standard InChI is InChI=1S/C22H27NO3/c1-15(2)14-25-20-12-8-19(9-13-20)23-22(24)17(5)26-21-10-6-18(7-11-21)16(3)4/h6-13,16-17H,1,14H2,2-5H3,(H,23,24). The molecule has 2 aromatic carbocycles. The number of ether oxygens (including phenoxy) is 2. The van der Waals surface area contributed by atoms with E-state index in [0.717, 1.165) is 11.3 Å². The van der Waals surface area contributed by atoms with E-state index in [2.05, 4.69) is 25.7 Å². The summed E-state index contributed by atoms with van der Waals surface area (Å²) in [6, 6.07) is 15.1. The fraction of sp³-hybridized carbons (Fsp3) is 0.318. The lowest BCUT2D eigenvalue weighted by Crippen LogP contribution is -2.30. The smallest absolute Gasteiger partial charge is 0.265 e. The van der Waals surface area contributed by atoms with Crippen LogP contribution in [0.4, 0.5) is 5.69 Å². The van der Waals surface area contributed by atoms with Crippen molar-refractivity contribution in [3.63, 3.8) is 0 Å². The Morgan fingerprint density at radius 2 is 1.58 bits per heavy atom. The monoisotopic (exact) mass is 353 g/mol. The molecule has 4 heteroatoms. The van der Waals surface area contributed by atoms with E-state index in [0.29, 0.717) is 24.0 Å². The minimum atomic E-state index is -0.598. The second-order valence-electron chi connectivity index (χ2n) is 6.74. The van der Waals surface area contributed by atoms with Crippen molar-refractivity contribution in [2.45, 2.75) is 39.7 Å². The second-order valence-corrected chi connectivity index (χ2v) is 6.74. The third-order valence-corrected chi connectivity index (χ3v) is 3.84. The van der Waals surface area contributed by atoms with Crippen LogP contribution >= 0.6 is 0 Å². The molecule has 1 atom stereocenters. The van der Waals surface area contributed by atoms with Crippen molar-refractivity contribution < 1.29 is 14.3 Å². The van der Waals surface area contributed by atoms with Crippen LogP contribution in [0.25, 0.3) is 0 Å². The van der Waals surface area contributed by atoms with E-state index in [9.17, 15) is 4.79 Å². The van der Waals surface area contributed by atoms with Crippen LogP contribution in [-0.4, -0.2) is 18.6 Å². The molecule has 0 aliphatic heterocycles. The Labute approximate surface area is 155 Å². The van der Waals surface area contributed by atoms with Gasteiger partial charge in [-0.2, -0.15) is 0 Å². The maximum atomic E-state index is 12.3. The average molecular weight is 353 g/mol. The summed E-state index contributed by atoms with van der Waals surface area (Å²) in [5.41, 5.74) is 2.89. The molecule has 0 saturated heterocycles. The zero-order chi connectivity index (χ0) is 19.1. The van der Waals surface area contributed by atoms with Gasteiger partial charge >= 0.3 is 0 Å². The minimum absolute atomic E-state index is 0.200. The number of anilines is 1. The lowest BCUT2D eigenvalue weighted by molar-refractivity contribution is -0.122. The van der Waals surface area contributed by atoms with E-state index in [1.807, 2.05) is 43.3 Å². The van der Waals surface area contributed by atoms with E-state index < -0.39 is 6.10 Å².